The normalized spacial score (nSPS) is 12.7. The molecule has 96 valence electrons. The smallest absolute Gasteiger partial charge is 0.0753 e. The van der Waals surface area contributed by atoms with Crippen molar-refractivity contribution < 1.29 is 0 Å². The van der Waals surface area contributed by atoms with Gasteiger partial charge in [0.25, 0.3) is 0 Å². The van der Waals surface area contributed by atoms with Gasteiger partial charge in [0, 0.05) is 22.0 Å². The number of hydrazine groups is 1. The van der Waals surface area contributed by atoms with Gasteiger partial charge >= 0.3 is 0 Å². The minimum Gasteiger partial charge on any atom is -0.271 e. The Morgan fingerprint density at radius 3 is 2.74 bits per heavy atom. The number of rotatable bonds is 3. The van der Waals surface area contributed by atoms with E-state index in [1.807, 2.05) is 18.3 Å². The van der Waals surface area contributed by atoms with Gasteiger partial charge in [-0.3, -0.25) is 10.8 Å². The number of para-hydroxylation sites is 1. The summed E-state index contributed by atoms with van der Waals surface area (Å²) < 4.78 is 0. The van der Waals surface area contributed by atoms with Crippen molar-refractivity contribution in [2.45, 2.75) is 13.0 Å². The van der Waals surface area contributed by atoms with Crippen molar-refractivity contribution in [3.8, 4) is 0 Å². The van der Waals surface area contributed by atoms with Gasteiger partial charge in [-0.2, -0.15) is 0 Å². The molecule has 3 aromatic rings. The van der Waals surface area contributed by atoms with Crippen LogP contribution in [0.1, 0.15) is 22.0 Å². The van der Waals surface area contributed by atoms with Crippen LogP contribution in [0.2, 0.25) is 0 Å². The fourth-order valence-electron chi connectivity index (χ4n) is 2.40. The average Bonchev–Trinajstić information content (AvgIpc) is 2.86. The number of thiophene rings is 1. The van der Waals surface area contributed by atoms with Gasteiger partial charge in [-0.05, 0) is 30.0 Å². The third-order valence-corrected chi connectivity index (χ3v) is 4.21. The summed E-state index contributed by atoms with van der Waals surface area (Å²) in [5.74, 6) is 5.78. The predicted octanol–water partition coefficient (Wildman–Crippen LogP) is 3.16. The van der Waals surface area contributed by atoms with Gasteiger partial charge in [-0.25, -0.2) is 5.43 Å². The molecule has 19 heavy (non-hydrogen) atoms. The van der Waals surface area contributed by atoms with E-state index in [4.69, 9.17) is 5.84 Å². The molecule has 0 fully saturated rings. The Morgan fingerprint density at radius 2 is 2.00 bits per heavy atom. The highest BCUT2D eigenvalue weighted by Crippen LogP contribution is 2.30. The molecule has 4 heteroatoms. The topological polar surface area (TPSA) is 50.9 Å². The summed E-state index contributed by atoms with van der Waals surface area (Å²) in [5, 5.41) is 3.22. The number of benzene rings is 1. The minimum atomic E-state index is -0.0233. The van der Waals surface area contributed by atoms with Crippen LogP contribution in [0.5, 0.6) is 0 Å². The fraction of sp³-hybridized carbons (Fsp3) is 0.133. The monoisotopic (exact) mass is 269 g/mol. The third kappa shape index (κ3) is 2.14. The number of nitrogens with zero attached hydrogens (tertiary/aromatic N) is 1. The van der Waals surface area contributed by atoms with Crippen LogP contribution >= 0.6 is 11.3 Å². The Hall–Kier alpha value is -1.75. The number of hydrogen-bond donors (Lipinski definition) is 2. The molecule has 0 aliphatic carbocycles. The zero-order valence-electron chi connectivity index (χ0n) is 10.6. The van der Waals surface area contributed by atoms with E-state index in [1.54, 1.807) is 11.3 Å². The molecule has 0 aliphatic rings. The van der Waals surface area contributed by atoms with Crippen LogP contribution in [0, 0.1) is 6.92 Å². The second kappa shape index (κ2) is 5.09. The van der Waals surface area contributed by atoms with Gasteiger partial charge in [0.1, 0.15) is 0 Å². The van der Waals surface area contributed by atoms with Crippen molar-refractivity contribution in [3.63, 3.8) is 0 Å². The van der Waals surface area contributed by atoms with Crippen LogP contribution in [0.4, 0.5) is 0 Å². The largest absolute Gasteiger partial charge is 0.271 e. The summed E-state index contributed by atoms with van der Waals surface area (Å²) in [5.41, 5.74) is 6.25. The van der Waals surface area contributed by atoms with Gasteiger partial charge in [0.05, 0.1) is 11.6 Å². The van der Waals surface area contributed by atoms with E-state index in [-0.39, 0.29) is 6.04 Å². The van der Waals surface area contributed by atoms with E-state index < -0.39 is 0 Å². The summed E-state index contributed by atoms with van der Waals surface area (Å²) in [6, 6.07) is 12.3. The summed E-state index contributed by atoms with van der Waals surface area (Å²) in [7, 11) is 0. The molecule has 0 aliphatic heterocycles. The van der Waals surface area contributed by atoms with Crippen molar-refractivity contribution in [2.75, 3.05) is 0 Å². The van der Waals surface area contributed by atoms with Crippen LogP contribution in [0.3, 0.4) is 0 Å². The number of pyridine rings is 1. The molecule has 3 rings (SSSR count). The molecule has 3 N–H and O–H groups in total. The Morgan fingerprint density at radius 1 is 1.16 bits per heavy atom. The molecule has 0 saturated heterocycles. The highest BCUT2D eigenvalue weighted by molar-refractivity contribution is 7.10. The number of aromatic nitrogens is 1. The van der Waals surface area contributed by atoms with Gasteiger partial charge in [0.15, 0.2) is 0 Å². The van der Waals surface area contributed by atoms with Gasteiger partial charge in [-0.1, -0.05) is 24.3 Å². The molecular formula is C15H15N3S. The van der Waals surface area contributed by atoms with Crippen LogP contribution in [-0.4, -0.2) is 4.98 Å². The molecule has 1 atom stereocenters. The SMILES string of the molecule is Cc1sccc1C(NN)c1cccc2cccnc12. The molecule has 0 saturated carbocycles. The lowest BCUT2D eigenvalue weighted by Crippen LogP contribution is -2.29. The van der Waals surface area contributed by atoms with Crippen molar-refractivity contribution in [2.24, 2.45) is 5.84 Å². The standard InChI is InChI=1S/C15H15N3S/c1-10-12(7-9-19-10)15(18-16)13-6-2-4-11-5-3-8-17-14(11)13/h2-9,15,18H,16H2,1H3. The lowest BCUT2D eigenvalue weighted by molar-refractivity contribution is 0.639. The van der Waals surface area contributed by atoms with E-state index in [2.05, 4.69) is 47.0 Å². The summed E-state index contributed by atoms with van der Waals surface area (Å²) in [6.07, 6.45) is 1.82. The maximum absolute atomic E-state index is 5.78. The fourth-order valence-corrected chi connectivity index (χ4v) is 3.14. The highest BCUT2D eigenvalue weighted by Gasteiger charge is 2.18. The maximum atomic E-state index is 5.78. The summed E-state index contributed by atoms with van der Waals surface area (Å²) in [4.78, 5) is 5.77. The number of hydrogen-bond acceptors (Lipinski definition) is 4. The third-order valence-electron chi connectivity index (χ3n) is 3.35. The number of nitrogens with one attached hydrogen (secondary N) is 1. The van der Waals surface area contributed by atoms with Gasteiger partial charge in [-0.15, -0.1) is 11.3 Å². The Labute approximate surface area is 116 Å². The second-order valence-corrected chi connectivity index (χ2v) is 5.57. The van der Waals surface area contributed by atoms with Crippen LogP contribution < -0.4 is 11.3 Å². The lowest BCUT2D eigenvalue weighted by atomic mass is 9.97. The predicted molar refractivity (Wildman–Crippen MR) is 80.0 cm³/mol. The van der Waals surface area contributed by atoms with Crippen LogP contribution in [-0.2, 0) is 0 Å². The first-order chi connectivity index (χ1) is 9.31. The first-order valence-electron chi connectivity index (χ1n) is 6.15. The number of fused-ring (bicyclic) bond motifs is 1. The van der Waals surface area contributed by atoms with E-state index in [1.165, 1.54) is 10.4 Å². The molecule has 0 radical (unpaired) electrons. The quantitative estimate of drug-likeness (QED) is 0.567. The first kappa shape index (κ1) is 12.3. The highest BCUT2D eigenvalue weighted by atomic mass is 32.1. The number of aryl methyl sites for hydroxylation is 1. The van der Waals surface area contributed by atoms with E-state index in [0.717, 1.165) is 16.5 Å². The van der Waals surface area contributed by atoms with Crippen molar-refractivity contribution in [1.29, 1.82) is 0 Å². The zero-order valence-corrected chi connectivity index (χ0v) is 11.4. The van der Waals surface area contributed by atoms with E-state index >= 15 is 0 Å². The molecule has 1 unspecified atom stereocenters. The maximum Gasteiger partial charge on any atom is 0.0753 e. The zero-order chi connectivity index (χ0) is 13.2. The molecular weight excluding hydrogens is 254 g/mol. The molecule has 1 aromatic carbocycles. The minimum absolute atomic E-state index is 0.0233. The Bertz CT molecular complexity index is 700. The first-order valence-corrected chi connectivity index (χ1v) is 7.03. The Kier molecular flexibility index (Phi) is 3.29. The van der Waals surface area contributed by atoms with Crippen molar-refractivity contribution in [1.82, 2.24) is 10.4 Å². The number of nitrogens with two attached hydrogens (primary N) is 1. The van der Waals surface area contributed by atoms with E-state index in [0.29, 0.717) is 0 Å². The Balaban J connectivity index is 2.20. The van der Waals surface area contributed by atoms with Crippen molar-refractivity contribution in [3.05, 3.63) is 64.0 Å². The van der Waals surface area contributed by atoms with Gasteiger partial charge in [0.2, 0.25) is 0 Å². The molecule has 0 spiro atoms. The molecule has 3 nitrogen and oxygen atoms in total. The summed E-state index contributed by atoms with van der Waals surface area (Å²) >= 11 is 1.73. The molecule has 0 amide bonds. The van der Waals surface area contributed by atoms with Crippen molar-refractivity contribution >= 4 is 22.2 Å². The van der Waals surface area contributed by atoms with Crippen LogP contribution in [0.15, 0.2) is 48.0 Å². The molecule has 2 heterocycles. The summed E-state index contributed by atoms with van der Waals surface area (Å²) in [6.45, 7) is 2.11. The average molecular weight is 269 g/mol. The molecule has 0 bridgehead atoms. The molecule has 2 aromatic heterocycles. The second-order valence-electron chi connectivity index (χ2n) is 4.45. The van der Waals surface area contributed by atoms with E-state index in [9.17, 15) is 0 Å². The lowest BCUT2D eigenvalue weighted by Gasteiger charge is -2.18. The van der Waals surface area contributed by atoms with Crippen LogP contribution in [0.25, 0.3) is 10.9 Å². The van der Waals surface area contributed by atoms with Gasteiger partial charge < -0.3 is 0 Å².